The molecule has 0 aliphatic carbocycles. The van der Waals surface area contributed by atoms with Crippen LogP contribution in [0.25, 0.3) is 0 Å². The Morgan fingerprint density at radius 2 is 1.93 bits per heavy atom. The zero-order chi connectivity index (χ0) is 19.3. The van der Waals surface area contributed by atoms with Gasteiger partial charge in [-0.2, -0.15) is 8.42 Å². The molecule has 8 nitrogen and oxygen atoms in total. The van der Waals surface area contributed by atoms with Crippen molar-refractivity contribution in [3.63, 3.8) is 0 Å². The number of ether oxygens (including phenoxy) is 1. The third-order valence-corrected chi connectivity index (χ3v) is 6.19. The van der Waals surface area contributed by atoms with E-state index in [1.165, 1.54) is 0 Å². The average Bonchev–Trinajstić information content (AvgIpc) is 2.96. The number of methoxy groups -OCH3 is 1. The molecule has 1 saturated heterocycles. The van der Waals surface area contributed by atoms with Crippen LogP contribution in [0.4, 0.5) is 0 Å². The highest BCUT2D eigenvalue weighted by Crippen LogP contribution is 2.29. The number of amides is 1. The lowest BCUT2D eigenvalue weighted by atomic mass is 9.95. The summed E-state index contributed by atoms with van der Waals surface area (Å²) in [4.78, 5) is 14.5. The largest absolute Gasteiger partial charge is 0.383 e. The normalized spacial score (nSPS) is 18.2. The lowest BCUT2D eigenvalue weighted by Crippen LogP contribution is -2.44. The molecule has 10 heteroatoms. The van der Waals surface area contributed by atoms with Crippen molar-refractivity contribution in [2.45, 2.75) is 17.7 Å². The van der Waals surface area contributed by atoms with E-state index in [1.807, 2.05) is 11.0 Å². The molecule has 2 heterocycles. The molecule has 0 atom stereocenters. The monoisotopic (exact) mass is 430 g/mol. The highest BCUT2D eigenvalue weighted by molar-refractivity contribution is 7.90. The van der Waals surface area contributed by atoms with Crippen molar-refractivity contribution in [3.8, 4) is 0 Å². The SMILES string of the molecule is COCCNCCNC(=O)C1CCN(C2=NS(=O)(=O)c3ccccc32)CC1.Cl. The smallest absolute Gasteiger partial charge is 0.285 e. The second kappa shape index (κ2) is 10.2. The third-order valence-electron chi connectivity index (χ3n) is 4.86. The number of rotatable bonds is 7. The van der Waals surface area contributed by atoms with Gasteiger partial charge >= 0.3 is 0 Å². The van der Waals surface area contributed by atoms with Gasteiger partial charge < -0.3 is 20.3 Å². The average molecular weight is 431 g/mol. The van der Waals surface area contributed by atoms with Crippen LogP contribution in [-0.2, 0) is 19.6 Å². The van der Waals surface area contributed by atoms with Crippen LogP contribution < -0.4 is 10.6 Å². The summed E-state index contributed by atoms with van der Waals surface area (Å²) in [5.74, 6) is 0.519. The number of fused-ring (bicyclic) bond motifs is 1. The van der Waals surface area contributed by atoms with Gasteiger partial charge in [-0.25, -0.2) is 0 Å². The summed E-state index contributed by atoms with van der Waals surface area (Å²) in [6.45, 7) is 3.94. The first-order valence-electron chi connectivity index (χ1n) is 9.19. The first-order chi connectivity index (χ1) is 13.0. The molecule has 2 N–H and O–H groups in total. The molecule has 0 bridgehead atoms. The Bertz CT molecular complexity index is 808. The molecule has 0 aromatic heterocycles. The maximum absolute atomic E-state index is 12.3. The fraction of sp³-hybridized carbons (Fsp3) is 0.556. The molecule has 1 fully saturated rings. The van der Waals surface area contributed by atoms with Crippen molar-refractivity contribution >= 4 is 34.2 Å². The molecular formula is C18H27ClN4O4S. The van der Waals surface area contributed by atoms with Crippen LogP contribution >= 0.6 is 12.4 Å². The van der Waals surface area contributed by atoms with Gasteiger partial charge in [-0.05, 0) is 25.0 Å². The maximum Gasteiger partial charge on any atom is 0.285 e. The number of amidine groups is 1. The minimum Gasteiger partial charge on any atom is -0.383 e. The number of sulfonamides is 1. The van der Waals surface area contributed by atoms with Crippen LogP contribution in [0.2, 0.25) is 0 Å². The number of piperidine rings is 1. The summed E-state index contributed by atoms with van der Waals surface area (Å²) in [7, 11) is -1.95. The standard InChI is InChI=1S/C18H26N4O4S.ClH/c1-26-13-10-19-8-9-20-18(23)14-6-11-22(12-7-14)17-15-4-2-3-5-16(15)27(24,25)21-17;/h2-5,14,19H,6-13H2,1H3,(H,20,23);1H. The van der Waals surface area contributed by atoms with E-state index in [1.54, 1.807) is 25.3 Å². The van der Waals surface area contributed by atoms with E-state index in [9.17, 15) is 13.2 Å². The summed E-state index contributed by atoms with van der Waals surface area (Å²) in [5.41, 5.74) is 0.655. The minimum atomic E-state index is -3.60. The number of benzene rings is 1. The van der Waals surface area contributed by atoms with Crippen molar-refractivity contribution in [3.05, 3.63) is 29.8 Å². The van der Waals surface area contributed by atoms with E-state index in [0.717, 1.165) is 6.54 Å². The predicted octanol–water partition coefficient (Wildman–Crippen LogP) is 0.622. The Balaban J connectivity index is 0.00000280. The van der Waals surface area contributed by atoms with Crippen LogP contribution in [-0.4, -0.2) is 71.5 Å². The number of hydrogen-bond donors (Lipinski definition) is 2. The maximum atomic E-state index is 12.3. The Hall–Kier alpha value is -1.68. The van der Waals surface area contributed by atoms with E-state index in [-0.39, 0.29) is 29.1 Å². The van der Waals surface area contributed by atoms with Gasteiger partial charge in [0.2, 0.25) is 5.91 Å². The highest BCUT2D eigenvalue weighted by atomic mass is 35.5. The van der Waals surface area contributed by atoms with E-state index >= 15 is 0 Å². The van der Waals surface area contributed by atoms with Crippen LogP contribution in [0, 0.1) is 5.92 Å². The molecule has 2 aliphatic heterocycles. The van der Waals surface area contributed by atoms with E-state index in [4.69, 9.17) is 4.74 Å². The molecule has 0 radical (unpaired) electrons. The topological polar surface area (TPSA) is 100 Å². The van der Waals surface area contributed by atoms with E-state index in [0.29, 0.717) is 57.0 Å². The van der Waals surface area contributed by atoms with Crippen molar-refractivity contribution in [2.75, 3.05) is 46.4 Å². The van der Waals surface area contributed by atoms with Gasteiger partial charge in [0.15, 0.2) is 5.84 Å². The summed E-state index contributed by atoms with van der Waals surface area (Å²) in [6, 6.07) is 6.89. The van der Waals surface area contributed by atoms with Gasteiger partial charge in [-0.1, -0.05) is 12.1 Å². The van der Waals surface area contributed by atoms with Crippen molar-refractivity contribution in [2.24, 2.45) is 10.3 Å². The van der Waals surface area contributed by atoms with Gasteiger partial charge in [0, 0.05) is 51.3 Å². The third kappa shape index (κ3) is 5.22. The molecule has 0 saturated carbocycles. The van der Waals surface area contributed by atoms with Crippen LogP contribution in [0.3, 0.4) is 0 Å². The van der Waals surface area contributed by atoms with E-state index < -0.39 is 10.0 Å². The number of carbonyl (C=O) groups is 1. The molecule has 0 spiro atoms. The number of halogens is 1. The summed E-state index contributed by atoms with van der Waals surface area (Å²) >= 11 is 0. The molecule has 2 aliphatic rings. The van der Waals surface area contributed by atoms with Crippen molar-refractivity contribution in [1.82, 2.24) is 15.5 Å². The molecule has 0 unspecified atom stereocenters. The Morgan fingerprint density at radius 3 is 2.64 bits per heavy atom. The zero-order valence-electron chi connectivity index (χ0n) is 15.9. The molecule has 1 aromatic rings. The zero-order valence-corrected chi connectivity index (χ0v) is 17.5. The fourth-order valence-corrected chi connectivity index (χ4v) is 4.62. The molecule has 3 rings (SSSR count). The number of nitrogens with one attached hydrogen (secondary N) is 2. The number of hydrogen-bond acceptors (Lipinski definition) is 6. The van der Waals surface area contributed by atoms with Crippen molar-refractivity contribution in [1.29, 1.82) is 0 Å². The number of carbonyl (C=O) groups excluding carboxylic acids is 1. The second-order valence-electron chi connectivity index (χ2n) is 6.68. The molecule has 28 heavy (non-hydrogen) atoms. The van der Waals surface area contributed by atoms with Crippen molar-refractivity contribution < 1.29 is 17.9 Å². The quantitative estimate of drug-likeness (QED) is 0.615. The fourth-order valence-electron chi connectivity index (χ4n) is 3.39. The summed E-state index contributed by atoms with van der Waals surface area (Å²) in [6.07, 6.45) is 1.37. The molecule has 1 aromatic carbocycles. The highest BCUT2D eigenvalue weighted by Gasteiger charge is 2.34. The van der Waals surface area contributed by atoms with E-state index in [2.05, 4.69) is 15.0 Å². The minimum absolute atomic E-state index is 0. The molecule has 1 amide bonds. The van der Waals surface area contributed by atoms with Crippen LogP contribution in [0.5, 0.6) is 0 Å². The first kappa shape index (κ1) is 22.6. The lowest BCUT2D eigenvalue weighted by molar-refractivity contribution is -0.126. The number of nitrogens with zero attached hydrogens (tertiary/aromatic N) is 2. The summed E-state index contributed by atoms with van der Waals surface area (Å²) in [5, 5.41) is 6.14. The number of likely N-dealkylation sites (tertiary alicyclic amines) is 1. The summed E-state index contributed by atoms with van der Waals surface area (Å²) < 4.78 is 33.3. The Morgan fingerprint density at radius 1 is 1.21 bits per heavy atom. The van der Waals surface area contributed by atoms with Gasteiger partial charge in [0.1, 0.15) is 4.90 Å². The van der Waals surface area contributed by atoms with Gasteiger partial charge in [0.05, 0.1) is 6.61 Å². The van der Waals surface area contributed by atoms with Gasteiger partial charge in [0.25, 0.3) is 10.0 Å². The van der Waals surface area contributed by atoms with Crippen LogP contribution in [0.1, 0.15) is 18.4 Å². The Labute approximate surface area is 172 Å². The van der Waals surface area contributed by atoms with Crippen LogP contribution in [0.15, 0.2) is 33.6 Å². The molecular weight excluding hydrogens is 404 g/mol. The predicted molar refractivity (Wildman–Crippen MR) is 109 cm³/mol. The Kier molecular flexibility index (Phi) is 8.23. The lowest BCUT2D eigenvalue weighted by Gasteiger charge is -2.32. The second-order valence-corrected chi connectivity index (χ2v) is 8.25. The first-order valence-corrected chi connectivity index (χ1v) is 10.6. The van der Waals surface area contributed by atoms with Gasteiger partial charge in [-0.3, -0.25) is 4.79 Å². The molecule has 156 valence electrons. The van der Waals surface area contributed by atoms with Gasteiger partial charge in [-0.15, -0.1) is 16.8 Å².